The van der Waals surface area contributed by atoms with E-state index in [4.69, 9.17) is 0 Å². The van der Waals surface area contributed by atoms with Gasteiger partial charge in [0, 0.05) is 0 Å². The average Bonchev–Trinajstić information content (AvgIpc) is 2.43. The van der Waals surface area contributed by atoms with Crippen molar-refractivity contribution in [2.24, 2.45) is 11.3 Å². The minimum Gasteiger partial charge on any atom is -0.393 e. The fourth-order valence-electron chi connectivity index (χ4n) is 2.25. The number of aliphatic hydroxyl groups excluding tert-OH is 1. The van der Waals surface area contributed by atoms with Gasteiger partial charge in [-0.05, 0) is 30.6 Å². The Hall–Kier alpha value is -0.0400. The topological polar surface area (TPSA) is 20.2 Å². The largest absolute Gasteiger partial charge is 0.393 e. The molecule has 0 aromatic carbocycles. The maximum atomic E-state index is 9.38. The summed E-state index contributed by atoms with van der Waals surface area (Å²) < 4.78 is 0. The van der Waals surface area contributed by atoms with Crippen molar-refractivity contribution in [2.45, 2.75) is 38.7 Å². The molecule has 52 valence electrons. The number of rotatable bonds is 0. The van der Waals surface area contributed by atoms with Crippen molar-refractivity contribution in [1.82, 2.24) is 0 Å². The lowest BCUT2D eigenvalue weighted by Gasteiger charge is -2.21. The molecule has 0 spiro atoms. The first-order chi connectivity index (χ1) is 4.22. The zero-order valence-electron chi connectivity index (χ0n) is 5.93. The lowest BCUT2D eigenvalue weighted by Crippen LogP contribution is -2.19. The molecule has 0 bridgehead atoms. The Kier molecular flexibility index (Phi) is 0.963. The van der Waals surface area contributed by atoms with Gasteiger partial charge in [-0.1, -0.05) is 13.3 Å². The van der Waals surface area contributed by atoms with Crippen molar-refractivity contribution < 1.29 is 5.11 Å². The highest BCUT2D eigenvalue weighted by atomic mass is 16.3. The van der Waals surface area contributed by atoms with Crippen molar-refractivity contribution in [3.05, 3.63) is 0 Å². The monoisotopic (exact) mass is 126 g/mol. The summed E-state index contributed by atoms with van der Waals surface area (Å²) >= 11 is 0. The molecule has 9 heavy (non-hydrogen) atoms. The standard InChI is InChI=1S/C8H14O/c1-8-4-2-3-7(9)6(8)5-8/h6-7,9H,2-5H2,1H3. The summed E-state index contributed by atoms with van der Waals surface area (Å²) in [5, 5.41) is 9.38. The molecule has 3 atom stereocenters. The van der Waals surface area contributed by atoms with Crippen LogP contribution in [0.1, 0.15) is 32.6 Å². The molecule has 2 saturated carbocycles. The summed E-state index contributed by atoms with van der Waals surface area (Å²) in [6.45, 7) is 2.31. The Labute approximate surface area is 56.1 Å². The van der Waals surface area contributed by atoms with Gasteiger partial charge in [0.15, 0.2) is 0 Å². The Morgan fingerprint density at radius 3 is 2.89 bits per heavy atom. The lowest BCUT2D eigenvalue weighted by molar-refractivity contribution is 0.0977. The van der Waals surface area contributed by atoms with Gasteiger partial charge in [-0.15, -0.1) is 0 Å². The number of hydrogen-bond donors (Lipinski definition) is 1. The van der Waals surface area contributed by atoms with Gasteiger partial charge in [-0.3, -0.25) is 0 Å². The van der Waals surface area contributed by atoms with E-state index in [0.29, 0.717) is 11.3 Å². The van der Waals surface area contributed by atoms with Crippen LogP contribution < -0.4 is 0 Å². The van der Waals surface area contributed by atoms with Gasteiger partial charge in [0.25, 0.3) is 0 Å². The van der Waals surface area contributed by atoms with Gasteiger partial charge in [-0.25, -0.2) is 0 Å². The van der Waals surface area contributed by atoms with E-state index in [1.807, 2.05) is 0 Å². The van der Waals surface area contributed by atoms with E-state index in [-0.39, 0.29) is 6.10 Å². The quantitative estimate of drug-likeness (QED) is 0.522. The molecule has 2 aliphatic rings. The molecular weight excluding hydrogens is 112 g/mol. The fourth-order valence-corrected chi connectivity index (χ4v) is 2.25. The minimum absolute atomic E-state index is 0.0451. The van der Waals surface area contributed by atoms with Crippen molar-refractivity contribution in [3.63, 3.8) is 0 Å². The predicted molar refractivity (Wildman–Crippen MR) is 36.1 cm³/mol. The number of aliphatic hydroxyl groups is 1. The Morgan fingerprint density at radius 2 is 2.33 bits per heavy atom. The molecule has 0 radical (unpaired) electrons. The van der Waals surface area contributed by atoms with Gasteiger partial charge < -0.3 is 5.11 Å². The zero-order valence-corrected chi connectivity index (χ0v) is 5.93. The summed E-state index contributed by atoms with van der Waals surface area (Å²) in [5.74, 6) is 0.672. The van der Waals surface area contributed by atoms with Gasteiger partial charge in [0.2, 0.25) is 0 Å². The fraction of sp³-hybridized carbons (Fsp3) is 1.00. The van der Waals surface area contributed by atoms with Gasteiger partial charge in [0.05, 0.1) is 6.10 Å². The highest BCUT2D eigenvalue weighted by Crippen LogP contribution is 2.60. The van der Waals surface area contributed by atoms with E-state index < -0.39 is 0 Å². The molecule has 2 fully saturated rings. The second-order valence-electron chi connectivity index (χ2n) is 3.92. The van der Waals surface area contributed by atoms with E-state index in [9.17, 15) is 5.11 Å². The third-order valence-corrected chi connectivity index (χ3v) is 3.13. The molecule has 3 unspecified atom stereocenters. The second kappa shape index (κ2) is 1.51. The Balaban J connectivity index is 2.07. The van der Waals surface area contributed by atoms with Crippen LogP contribution >= 0.6 is 0 Å². The van der Waals surface area contributed by atoms with Crippen molar-refractivity contribution in [2.75, 3.05) is 0 Å². The van der Waals surface area contributed by atoms with Crippen LogP contribution in [0.2, 0.25) is 0 Å². The normalized spacial score (nSPS) is 56.7. The molecule has 2 rings (SSSR count). The molecule has 0 amide bonds. The molecule has 0 aromatic heterocycles. The molecule has 1 nitrogen and oxygen atoms in total. The van der Waals surface area contributed by atoms with Gasteiger partial charge in [0.1, 0.15) is 0 Å². The smallest absolute Gasteiger partial charge is 0.0573 e. The number of hydrogen-bond acceptors (Lipinski definition) is 1. The molecule has 1 N–H and O–H groups in total. The van der Waals surface area contributed by atoms with E-state index in [1.165, 1.54) is 19.3 Å². The highest BCUT2D eigenvalue weighted by Gasteiger charge is 2.54. The molecule has 0 heterocycles. The van der Waals surface area contributed by atoms with Crippen molar-refractivity contribution in [3.8, 4) is 0 Å². The molecule has 2 aliphatic carbocycles. The van der Waals surface area contributed by atoms with Crippen LogP contribution in [0.4, 0.5) is 0 Å². The summed E-state index contributed by atoms with van der Waals surface area (Å²) in [7, 11) is 0. The maximum absolute atomic E-state index is 9.38. The Morgan fingerprint density at radius 1 is 1.56 bits per heavy atom. The summed E-state index contributed by atoms with van der Waals surface area (Å²) in [5.41, 5.74) is 0.567. The van der Waals surface area contributed by atoms with Crippen LogP contribution in [-0.2, 0) is 0 Å². The third kappa shape index (κ3) is 0.710. The van der Waals surface area contributed by atoms with Gasteiger partial charge in [-0.2, -0.15) is 0 Å². The maximum Gasteiger partial charge on any atom is 0.0573 e. The van der Waals surface area contributed by atoms with Crippen LogP contribution in [0.15, 0.2) is 0 Å². The van der Waals surface area contributed by atoms with E-state index in [1.54, 1.807) is 0 Å². The van der Waals surface area contributed by atoms with Crippen molar-refractivity contribution in [1.29, 1.82) is 0 Å². The van der Waals surface area contributed by atoms with E-state index in [2.05, 4.69) is 6.92 Å². The average molecular weight is 126 g/mol. The first-order valence-corrected chi connectivity index (χ1v) is 3.90. The SMILES string of the molecule is CC12CCCC(O)C1C2. The third-order valence-electron chi connectivity index (χ3n) is 3.13. The molecule has 1 heteroatoms. The molecule has 0 aliphatic heterocycles. The number of fused-ring (bicyclic) bond motifs is 1. The van der Waals surface area contributed by atoms with Crippen LogP contribution in [0.5, 0.6) is 0 Å². The first-order valence-electron chi connectivity index (χ1n) is 3.90. The van der Waals surface area contributed by atoms with Crippen LogP contribution in [0.25, 0.3) is 0 Å². The zero-order chi connectivity index (χ0) is 6.48. The summed E-state index contributed by atoms with van der Waals surface area (Å²) in [6, 6.07) is 0. The highest BCUT2D eigenvalue weighted by molar-refractivity contribution is 5.04. The second-order valence-corrected chi connectivity index (χ2v) is 3.92. The predicted octanol–water partition coefficient (Wildman–Crippen LogP) is 1.56. The van der Waals surface area contributed by atoms with E-state index in [0.717, 1.165) is 6.42 Å². The van der Waals surface area contributed by atoms with Crippen LogP contribution in [0.3, 0.4) is 0 Å². The molecule has 0 saturated heterocycles. The first kappa shape index (κ1) is 5.72. The summed E-state index contributed by atoms with van der Waals surface area (Å²) in [4.78, 5) is 0. The van der Waals surface area contributed by atoms with Gasteiger partial charge >= 0.3 is 0 Å². The van der Waals surface area contributed by atoms with E-state index >= 15 is 0 Å². The lowest BCUT2D eigenvalue weighted by atomic mass is 9.88. The molecular formula is C8H14O. The van der Waals surface area contributed by atoms with Crippen molar-refractivity contribution >= 4 is 0 Å². The summed E-state index contributed by atoms with van der Waals surface area (Å²) in [6.07, 6.45) is 4.99. The molecule has 0 aromatic rings. The Bertz CT molecular complexity index is 133. The van der Waals surface area contributed by atoms with Crippen LogP contribution in [-0.4, -0.2) is 11.2 Å². The van der Waals surface area contributed by atoms with Crippen LogP contribution in [0, 0.1) is 11.3 Å². The minimum atomic E-state index is 0.0451.